The zero-order valence-electron chi connectivity index (χ0n) is 12.1. The minimum absolute atomic E-state index is 0.0622. The van der Waals surface area contributed by atoms with E-state index in [4.69, 9.17) is 11.5 Å². The van der Waals surface area contributed by atoms with E-state index in [1.807, 2.05) is 0 Å². The first-order valence-electron chi connectivity index (χ1n) is 6.30. The van der Waals surface area contributed by atoms with Gasteiger partial charge < -0.3 is 21.6 Å². The van der Waals surface area contributed by atoms with Crippen LogP contribution in [0.25, 0.3) is 0 Å². The van der Waals surface area contributed by atoms with Crippen molar-refractivity contribution < 1.29 is 32.2 Å². The number of nitrogens with two attached hydrogens (primary N) is 2. The van der Waals surface area contributed by atoms with Crippen molar-refractivity contribution in [2.24, 2.45) is 10.9 Å². The van der Waals surface area contributed by atoms with E-state index in [1.54, 1.807) is 5.32 Å². The number of amidine groups is 1. The second-order valence-electron chi connectivity index (χ2n) is 4.38. The van der Waals surface area contributed by atoms with E-state index in [2.05, 4.69) is 24.9 Å². The summed E-state index contributed by atoms with van der Waals surface area (Å²) in [7, 11) is 0. The number of aromatic nitrogens is 2. The van der Waals surface area contributed by atoms with Crippen LogP contribution in [0.4, 0.5) is 24.7 Å². The lowest BCUT2D eigenvalue weighted by atomic mass is 10.2. The lowest BCUT2D eigenvalue weighted by Crippen LogP contribution is -2.29. The van der Waals surface area contributed by atoms with E-state index in [-0.39, 0.29) is 28.6 Å². The van der Waals surface area contributed by atoms with E-state index in [0.717, 1.165) is 24.3 Å². The van der Waals surface area contributed by atoms with Crippen LogP contribution in [0.1, 0.15) is 16.1 Å². The van der Waals surface area contributed by atoms with Gasteiger partial charge in [0.25, 0.3) is 0 Å². The first-order chi connectivity index (χ1) is 11.7. The van der Waals surface area contributed by atoms with Gasteiger partial charge in [0.05, 0.1) is 5.56 Å². The molecule has 13 heteroatoms. The van der Waals surface area contributed by atoms with E-state index in [1.165, 1.54) is 0 Å². The third kappa shape index (κ3) is 4.43. The van der Waals surface area contributed by atoms with Gasteiger partial charge in [-0.25, -0.2) is 9.42 Å². The minimum Gasteiger partial charge on any atom is -0.379 e. The Balaban J connectivity index is 2.01. The number of nitrogens with one attached hydrogen (secondary N) is 1. The monoisotopic (exact) mass is 358 g/mol. The van der Waals surface area contributed by atoms with Crippen LogP contribution in [0, 0.1) is 0 Å². The lowest BCUT2D eigenvalue weighted by molar-refractivity contribution is -0.167. The second kappa shape index (κ2) is 6.86. The predicted octanol–water partition coefficient (Wildman–Crippen LogP) is 0.630. The average Bonchev–Trinajstić information content (AvgIpc) is 2.98. The highest BCUT2D eigenvalue weighted by molar-refractivity contribution is 5.99. The second-order valence-corrected chi connectivity index (χ2v) is 4.38. The van der Waals surface area contributed by atoms with Crippen molar-refractivity contribution in [3.05, 3.63) is 35.5 Å². The van der Waals surface area contributed by atoms with Gasteiger partial charge in [0.15, 0.2) is 17.3 Å². The molecule has 2 aromatic rings. The maximum atomic E-state index is 12.1. The molecule has 0 aliphatic rings. The van der Waals surface area contributed by atoms with Crippen LogP contribution in [-0.4, -0.2) is 34.2 Å². The van der Waals surface area contributed by atoms with Crippen LogP contribution < -0.4 is 16.8 Å². The Morgan fingerprint density at radius 1 is 1.20 bits per heavy atom. The number of alkyl halides is 3. The highest BCUT2D eigenvalue weighted by Gasteiger charge is 2.38. The van der Waals surface area contributed by atoms with Crippen molar-refractivity contribution in [1.82, 2.24) is 10.3 Å². The summed E-state index contributed by atoms with van der Waals surface area (Å²) >= 11 is 0. The molecule has 0 atom stereocenters. The van der Waals surface area contributed by atoms with Crippen molar-refractivity contribution in [2.45, 2.75) is 6.18 Å². The Morgan fingerprint density at radius 3 is 2.36 bits per heavy atom. The molecule has 0 aliphatic heterocycles. The number of nitrogens with zero attached hydrogens (tertiary/aromatic N) is 3. The molecule has 0 bridgehead atoms. The summed E-state index contributed by atoms with van der Waals surface area (Å²) in [4.78, 5) is 27.1. The van der Waals surface area contributed by atoms with Crippen molar-refractivity contribution in [2.75, 3.05) is 11.1 Å². The molecule has 0 aliphatic carbocycles. The van der Waals surface area contributed by atoms with Gasteiger partial charge >= 0.3 is 18.1 Å². The summed E-state index contributed by atoms with van der Waals surface area (Å²) in [6.07, 6.45) is -5.03. The molecule has 5 N–H and O–H groups in total. The van der Waals surface area contributed by atoms with Crippen molar-refractivity contribution in [1.29, 1.82) is 0 Å². The smallest absolute Gasteiger partial charge is 0.379 e. The van der Waals surface area contributed by atoms with E-state index in [0.29, 0.717) is 0 Å². The van der Waals surface area contributed by atoms with Gasteiger partial charge in [-0.05, 0) is 34.6 Å². The summed E-state index contributed by atoms with van der Waals surface area (Å²) in [6, 6.07) is 4.39. The largest absolute Gasteiger partial charge is 0.471 e. The normalized spacial score (nSPS) is 11.9. The van der Waals surface area contributed by atoms with Gasteiger partial charge in [-0.3, -0.25) is 4.79 Å². The van der Waals surface area contributed by atoms with Gasteiger partial charge in [-0.2, -0.15) is 13.2 Å². The first-order valence-corrected chi connectivity index (χ1v) is 6.30. The molecule has 1 aromatic heterocycles. The van der Waals surface area contributed by atoms with Crippen molar-refractivity contribution in [3.8, 4) is 0 Å². The molecule has 1 aromatic carbocycles. The Kier molecular flexibility index (Phi) is 4.86. The Hall–Kier alpha value is -3.64. The Bertz CT molecular complexity index is 815. The van der Waals surface area contributed by atoms with E-state index in [9.17, 15) is 22.8 Å². The lowest BCUT2D eigenvalue weighted by Gasteiger charge is -2.08. The van der Waals surface area contributed by atoms with Crippen molar-refractivity contribution >= 4 is 29.2 Å². The number of benzene rings is 1. The molecule has 0 saturated heterocycles. The molecular weight excluding hydrogens is 349 g/mol. The third-order valence-electron chi connectivity index (χ3n) is 2.62. The molecule has 0 unspecified atom stereocenters. The van der Waals surface area contributed by atoms with Crippen LogP contribution >= 0.6 is 0 Å². The predicted molar refractivity (Wildman–Crippen MR) is 76.0 cm³/mol. The highest BCUT2D eigenvalue weighted by atomic mass is 19.4. The quantitative estimate of drug-likeness (QED) is 0.310. The van der Waals surface area contributed by atoms with Gasteiger partial charge in [-0.15, -0.1) is 0 Å². The Morgan fingerprint density at radius 2 is 1.84 bits per heavy atom. The number of hydrogen-bond acceptors (Lipinski definition) is 8. The molecule has 0 radical (unpaired) electrons. The maximum Gasteiger partial charge on any atom is 0.471 e. The topological polar surface area (TPSA) is 159 Å². The standard InChI is InChI=1S/C12H9F3N6O4/c13-12(14,15)11(23)18-6-3-1-5(2-4-6)10(22)24-20-8(16)7-9(17)21-25-19-7/h1-4H,(H2,16,20)(H2,17,21)(H,18,23). The van der Waals surface area contributed by atoms with E-state index >= 15 is 0 Å². The van der Waals surface area contributed by atoms with Gasteiger partial charge in [0.1, 0.15) is 0 Å². The molecule has 1 amide bonds. The maximum absolute atomic E-state index is 12.1. The van der Waals surface area contributed by atoms with Crippen LogP contribution in [0.3, 0.4) is 0 Å². The highest BCUT2D eigenvalue weighted by Crippen LogP contribution is 2.18. The van der Waals surface area contributed by atoms with Gasteiger partial charge in [0, 0.05) is 5.69 Å². The molecule has 1 heterocycles. The van der Waals surface area contributed by atoms with Crippen LogP contribution in [-0.2, 0) is 9.63 Å². The van der Waals surface area contributed by atoms with Gasteiger partial charge in [0.2, 0.25) is 0 Å². The summed E-state index contributed by atoms with van der Waals surface area (Å²) in [5, 5.41) is 11.5. The Labute approximate surface area is 136 Å². The molecule has 132 valence electrons. The van der Waals surface area contributed by atoms with Crippen LogP contribution in [0.5, 0.6) is 0 Å². The number of carbonyl (C=O) groups excluding carboxylic acids is 2. The SMILES string of the molecule is N/C(=N\OC(=O)c1ccc(NC(=O)C(F)(F)F)cc1)c1nonc1N. The molecule has 25 heavy (non-hydrogen) atoms. The third-order valence-corrected chi connectivity index (χ3v) is 2.62. The van der Waals surface area contributed by atoms with Crippen LogP contribution in [0.15, 0.2) is 34.1 Å². The molecule has 0 saturated carbocycles. The minimum atomic E-state index is -5.03. The summed E-state index contributed by atoms with van der Waals surface area (Å²) < 4.78 is 40.7. The number of amides is 1. The molecule has 0 fully saturated rings. The summed E-state index contributed by atoms with van der Waals surface area (Å²) in [5.74, 6) is -3.64. The fourth-order valence-electron chi connectivity index (χ4n) is 1.45. The number of nitrogen functional groups attached to an aromatic ring is 1. The van der Waals surface area contributed by atoms with E-state index < -0.39 is 18.1 Å². The molecular formula is C12H9F3N6O4. The summed E-state index contributed by atoms with van der Waals surface area (Å²) in [6.45, 7) is 0. The first kappa shape index (κ1) is 17.7. The summed E-state index contributed by atoms with van der Waals surface area (Å²) in [5.41, 5.74) is 10.5. The zero-order chi connectivity index (χ0) is 18.6. The molecule has 10 nitrogen and oxygen atoms in total. The number of hydrogen-bond donors (Lipinski definition) is 3. The number of anilines is 2. The fraction of sp³-hybridized carbons (Fsp3) is 0.0833. The van der Waals surface area contributed by atoms with Gasteiger partial charge in [-0.1, -0.05) is 5.16 Å². The number of oxime groups is 1. The van der Waals surface area contributed by atoms with Crippen LogP contribution in [0.2, 0.25) is 0 Å². The number of rotatable bonds is 4. The average molecular weight is 358 g/mol. The fourth-order valence-corrected chi connectivity index (χ4v) is 1.45. The molecule has 0 spiro atoms. The molecule has 2 rings (SSSR count). The zero-order valence-corrected chi connectivity index (χ0v) is 12.1. The van der Waals surface area contributed by atoms with Crippen molar-refractivity contribution in [3.63, 3.8) is 0 Å². The number of halogens is 3. The number of carbonyl (C=O) groups is 2.